The molecule has 1 aromatic heterocycles. The van der Waals surface area contributed by atoms with E-state index in [1.165, 1.54) is 12.3 Å². The van der Waals surface area contributed by atoms with Crippen molar-refractivity contribution in [2.45, 2.75) is 6.10 Å². The second-order valence-electron chi connectivity index (χ2n) is 4.37. The number of carboxylic acid groups (broad SMARTS) is 1. The molecular weight excluding hydrogens is 272 g/mol. The van der Waals surface area contributed by atoms with E-state index in [0.717, 1.165) is 5.56 Å². The summed E-state index contributed by atoms with van der Waals surface area (Å²) in [5.41, 5.74) is 1.37. The van der Waals surface area contributed by atoms with Crippen LogP contribution in [0, 0.1) is 0 Å². The number of nitrogens with zero attached hydrogens (tertiary/aromatic N) is 1. The van der Waals surface area contributed by atoms with Gasteiger partial charge in [-0.25, -0.2) is 0 Å². The molecule has 0 saturated carbocycles. The average molecular weight is 286 g/mol. The number of benzene rings is 1. The lowest BCUT2D eigenvalue weighted by molar-refractivity contribution is -0.135. The van der Waals surface area contributed by atoms with Crippen molar-refractivity contribution in [3.63, 3.8) is 0 Å². The summed E-state index contributed by atoms with van der Waals surface area (Å²) in [5.74, 6) is -1.70. The summed E-state index contributed by atoms with van der Waals surface area (Å²) in [5, 5.41) is 20.9. The molecule has 1 amide bonds. The number of amides is 1. The van der Waals surface area contributed by atoms with Crippen LogP contribution in [0.3, 0.4) is 0 Å². The van der Waals surface area contributed by atoms with Gasteiger partial charge in [0.15, 0.2) is 0 Å². The van der Waals surface area contributed by atoms with Crippen molar-refractivity contribution in [2.24, 2.45) is 0 Å². The molecule has 0 fully saturated rings. The molecule has 1 aromatic carbocycles. The lowest BCUT2D eigenvalue weighted by Gasteiger charge is -2.11. The van der Waals surface area contributed by atoms with E-state index in [1.54, 1.807) is 18.2 Å². The van der Waals surface area contributed by atoms with E-state index in [4.69, 9.17) is 5.11 Å². The zero-order chi connectivity index (χ0) is 15.2. The monoisotopic (exact) mass is 286 g/mol. The number of carbonyl (C=O) groups excluding carboxylic acids is 1. The van der Waals surface area contributed by atoms with Gasteiger partial charge in [0, 0.05) is 11.8 Å². The quantitative estimate of drug-likeness (QED) is 0.760. The normalized spacial score (nSPS) is 11.7. The van der Waals surface area contributed by atoms with Crippen LogP contribution in [0.1, 0.15) is 27.7 Å². The van der Waals surface area contributed by atoms with Crippen LogP contribution in [0.5, 0.6) is 0 Å². The van der Waals surface area contributed by atoms with Crippen LogP contribution in [-0.2, 0) is 4.79 Å². The third kappa shape index (κ3) is 3.87. The predicted octanol–water partition coefficient (Wildman–Crippen LogP) is 0.978. The van der Waals surface area contributed by atoms with Gasteiger partial charge < -0.3 is 15.5 Å². The minimum Gasteiger partial charge on any atom is -0.480 e. The molecule has 0 saturated heterocycles. The van der Waals surface area contributed by atoms with Crippen molar-refractivity contribution >= 4 is 11.9 Å². The van der Waals surface area contributed by atoms with Gasteiger partial charge >= 0.3 is 5.97 Å². The Morgan fingerprint density at radius 3 is 2.38 bits per heavy atom. The minimum absolute atomic E-state index is 0.0975. The van der Waals surface area contributed by atoms with E-state index in [0.29, 0.717) is 5.56 Å². The van der Waals surface area contributed by atoms with Crippen molar-refractivity contribution in [3.8, 4) is 0 Å². The number of aliphatic hydroxyl groups excluding tert-OH is 1. The summed E-state index contributed by atoms with van der Waals surface area (Å²) >= 11 is 0. The largest absolute Gasteiger partial charge is 0.480 e. The third-order valence-electron chi connectivity index (χ3n) is 2.85. The minimum atomic E-state index is -1.13. The second-order valence-corrected chi connectivity index (χ2v) is 4.37. The number of nitrogens with one attached hydrogen (secondary N) is 1. The number of aliphatic carboxylic acids is 1. The standard InChI is InChI=1S/C15H14N2O4/c18-13(19)9-17-15(21)12-7-6-11(8-16-12)14(20)10-4-2-1-3-5-10/h1-8,14,20H,9H2,(H,17,21)(H,18,19)/t14-/m1/s1. The molecule has 2 rings (SSSR count). The molecule has 0 unspecified atom stereocenters. The van der Waals surface area contributed by atoms with E-state index in [2.05, 4.69) is 10.3 Å². The van der Waals surface area contributed by atoms with Crippen LogP contribution in [0.2, 0.25) is 0 Å². The van der Waals surface area contributed by atoms with Gasteiger partial charge in [-0.15, -0.1) is 0 Å². The van der Waals surface area contributed by atoms with Gasteiger partial charge in [0.05, 0.1) is 0 Å². The molecule has 1 heterocycles. The van der Waals surface area contributed by atoms with Crippen LogP contribution < -0.4 is 5.32 Å². The number of carboxylic acids is 1. The Morgan fingerprint density at radius 1 is 1.10 bits per heavy atom. The Hall–Kier alpha value is -2.73. The first-order valence-electron chi connectivity index (χ1n) is 6.27. The molecular formula is C15H14N2O4. The fourth-order valence-electron chi connectivity index (χ4n) is 1.78. The Labute approximate surface area is 121 Å². The van der Waals surface area contributed by atoms with Gasteiger partial charge in [0.25, 0.3) is 5.91 Å². The molecule has 0 aliphatic rings. The predicted molar refractivity (Wildman–Crippen MR) is 74.7 cm³/mol. The molecule has 6 heteroatoms. The molecule has 0 aliphatic carbocycles. The van der Waals surface area contributed by atoms with E-state index in [1.807, 2.05) is 18.2 Å². The first-order chi connectivity index (χ1) is 10.1. The summed E-state index contributed by atoms with van der Waals surface area (Å²) in [4.78, 5) is 25.9. The second kappa shape index (κ2) is 6.62. The highest BCUT2D eigenvalue weighted by Crippen LogP contribution is 2.20. The number of aliphatic hydroxyl groups is 1. The number of carbonyl (C=O) groups is 2. The molecule has 1 atom stereocenters. The van der Waals surface area contributed by atoms with Crippen LogP contribution in [0.15, 0.2) is 48.7 Å². The maximum Gasteiger partial charge on any atom is 0.322 e. The topological polar surface area (TPSA) is 99.5 Å². The van der Waals surface area contributed by atoms with Crippen LogP contribution >= 0.6 is 0 Å². The number of hydrogen-bond acceptors (Lipinski definition) is 4. The van der Waals surface area contributed by atoms with Gasteiger partial charge in [-0.2, -0.15) is 0 Å². The lowest BCUT2D eigenvalue weighted by Crippen LogP contribution is -2.29. The van der Waals surface area contributed by atoms with E-state index in [9.17, 15) is 14.7 Å². The van der Waals surface area contributed by atoms with Gasteiger partial charge in [-0.3, -0.25) is 14.6 Å². The fourth-order valence-corrected chi connectivity index (χ4v) is 1.78. The van der Waals surface area contributed by atoms with Crippen LogP contribution in [0.25, 0.3) is 0 Å². The molecule has 2 aromatic rings. The average Bonchev–Trinajstić information content (AvgIpc) is 2.53. The van der Waals surface area contributed by atoms with Crippen LogP contribution in [0.4, 0.5) is 0 Å². The maximum atomic E-state index is 11.6. The summed E-state index contributed by atoms with van der Waals surface area (Å²) in [7, 11) is 0. The van der Waals surface area contributed by atoms with Gasteiger partial charge in [-0.1, -0.05) is 36.4 Å². The van der Waals surface area contributed by atoms with Gasteiger partial charge in [0.2, 0.25) is 0 Å². The number of hydrogen-bond donors (Lipinski definition) is 3. The highest BCUT2D eigenvalue weighted by molar-refractivity contribution is 5.93. The van der Waals surface area contributed by atoms with Crippen molar-refractivity contribution in [3.05, 3.63) is 65.5 Å². The first kappa shape index (κ1) is 14.7. The molecule has 108 valence electrons. The summed E-state index contributed by atoms with van der Waals surface area (Å²) < 4.78 is 0. The molecule has 21 heavy (non-hydrogen) atoms. The highest BCUT2D eigenvalue weighted by Gasteiger charge is 2.13. The molecule has 6 nitrogen and oxygen atoms in total. The third-order valence-corrected chi connectivity index (χ3v) is 2.85. The number of rotatable bonds is 5. The smallest absolute Gasteiger partial charge is 0.322 e. The van der Waals surface area contributed by atoms with Crippen molar-refractivity contribution < 1.29 is 19.8 Å². The lowest BCUT2D eigenvalue weighted by atomic mass is 10.0. The van der Waals surface area contributed by atoms with Crippen molar-refractivity contribution in [1.29, 1.82) is 0 Å². The molecule has 0 aliphatic heterocycles. The Morgan fingerprint density at radius 2 is 1.81 bits per heavy atom. The summed E-state index contributed by atoms with van der Waals surface area (Å²) in [6.45, 7) is -0.463. The first-order valence-corrected chi connectivity index (χ1v) is 6.27. The Bertz CT molecular complexity index is 626. The highest BCUT2D eigenvalue weighted by atomic mass is 16.4. The van der Waals surface area contributed by atoms with E-state index >= 15 is 0 Å². The molecule has 0 bridgehead atoms. The van der Waals surface area contributed by atoms with E-state index < -0.39 is 24.5 Å². The number of pyridine rings is 1. The van der Waals surface area contributed by atoms with Crippen molar-refractivity contribution in [2.75, 3.05) is 6.54 Å². The van der Waals surface area contributed by atoms with Gasteiger partial charge in [0.1, 0.15) is 18.3 Å². The Balaban J connectivity index is 2.08. The van der Waals surface area contributed by atoms with E-state index in [-0.39, 0.29) is 5.69 Å². The molecule has 0 radical (unpaired) electrons. The zero-order valence-electron chi connectivity index (χ0n) is 11.1. The maximum absolute atomic E-state index is 11.6. The summed E-state index contributed by atoms with van der Waals surface area (Å²) in [6.07, 6.45) is 0.572. The zero-order valence-corrected chi connectivity index (χ0v) is 11.1. The number of aromatic nitrogens is 1. The Kier molecular flexibility index (Phi) is 4.63. The van der Waals surface area contributed by atoms with Crippen molar-refractivity contribution in [1.82, 2.24) is 10.3 Å². The SMILES string of the molecule is O=C(O)CNC(=O)c1ccc([C@H](O)c2ccccc2)cn1. The fraction of sp³-hybridized carbons (Fsp3) is 0.133. The molecule has 0 spiro atoms. The van der Waals surface area contributed by atoms with Crippen LogP contribution in [-0.4, -0.2) is 33.6 Å². The molecule has 3 N–H and O–H groups in total. The van der Waals surface area contributed by atoms with Gasteiger partial charge in [-0.05, 0) is 11.6 Å². The summed E-state index contributed by atoms with van der Waals surface area (Å²) in [6, 6.07) is 12.1.